The Hall–Kier alpha value is -0.791. The first-order valence-corrected chi connectivity index (χ1v) is 5.05. The molecule has 0 spiro atoms. The Morgan fingerprint density at radius 2 is 2.09 bits per heavy atom. The van der Waals surface area contributed by atoms with Crippen LogP contribution in [0.1, 0.15) is 0 Å². The van der Waals surface area contributed by atoms with Crippen LogP contribution in [0.25, 0.3) is 9.78 Å². The van der Waals surface area contributed by atoms with Crippen LogP contribution in [0.15, 0.2) is 29.1 Å². The van der Waals surface area contributed by atoms with Crippen molar-refractivity contribution in [2.75, 3.05) is 0 Å². The fourth-order valence-corrected chi connectivity index (χ4v) is 2.93. The van der Waals surface area contributed by atoms with Crippen LogP contribution >= 0.6 is 0 Å². The van der Waals surface area contributed by atoms with Crippen LogP contribution in [-0.4, -0.2) is 19.1 Å². The van der Waals surface area contributed by atoms with Crippen LogP contribution in [0.5, 0.6) is 0 Å². The number of para-hydroxylation sites is 1. The molecule has 0 N–H and O–H groups in total. The van der Waals surface area contributed by atoms with E-state index in [4.69, 9.17) is 0 Å². The van der Waals surface area contributed by atoms with Crippen molar-refractivity contribution < 1.29 is 0 Å². The van der Waals surface area contributed by atoms with Gasteiger partial charge in [-0.2, -0.15) is 0 Å². The monoisotopic (exact) mass is 213 g/mol. The summed E-state index contributed by atoms with van der Waals surface area (Å²) < 4.78 is 3.18. The zero-order valence-electron chi connectivity index (χ0n) is 6.07. The van der Waals surface area contributed by atoms with Gasteiger partial charge in [-0.1, -0.05) is 0 Å². The molecule has 0 amide bonds. The second-order valence-electron chi connectivity index (χ2n) is 2.39. The summed E-state index contributed by atoms with van der Waals surface area (Å²) in [6.07, 6.45) is 0. The van der Waals surface area contributed by atoms with Gasteiger partial charge < -0.3 is 0 Å². The number of hydrogen-bond acceptors (Lipinski definition) is 1. The summed E-state index contributed by atoms with van der Waals surface area (Å²) >= 11 is 0.0192. The molecule has 0 fully saturated rings. The van der Waals surface area contributed by atoms with Gasteiger partial charge in [-0.05, 0) is 0 Å². The Morgan fingerprint density at radius 1 is 1.36 bits per heavy atom. The van der Waals surface area contributed by atoms with Gasteiger partial charge in [0.25, 0.3) is 0 Å². The van der Waals surface area contributed by atoms with Gasteiger partial charge in [-0.15, -0.1) is 0 Å². The van der Waals surface area contributed by atoms with Crippen molar-refractivity contribution >= 4 is 24.3 Å². The van der Waals surface area contributed by atoms with Crippen molar-refractivity contribution in [2.45, 2.75) is 0 Å². The zero-order valence-corrected chi connectivity index (χ0v) is 7.79. The first-order valence-electron chi connectivity index (χ1n) is 3.33. The van der Waals surface area contributed by atoms with E-state index in [2.05, 4.69) is 0 Å². The van der Waals surface area contributed by atoms with Crippen LogP contribution in [0, 0.1) is 0 Å². The Balaban J connectivity index is 3.04. The van der Waals surface area contributed by atoms with Gasteiger partial charge in [0, 0.05) is 0 Å². The van der Waals surface area contributed by atoms with Crippen molar-refractivity contribution in [3.05, 3.63) is 33.5 Å². The normalized spacial score (nSPS) is 10.6. The van der Waals surface area contributed by atoms with Crippen molar-refractivity contribution in [1.82, 2.24) is 4.57 Å². The van der Waals surface area contributed by atoms with E-state index in [9.17, 15) is 4.79 Å². The number of hydrogen-bond donors (Lipinski definition) is 0. The van der Waals surface area contributed by atoms with E-state index in [0.717, 1.165) is 5.52 Å². The number of aryl methyl sites for hydroxylation is 1. The molecule has 2 nitrogen and oxygen atoms in total. The molecule has 0 atom stereocenters. The Kier molecular flexibility index (Phi) is 1.48. The third kappa shape index (κ3) is 0.970. The fourth-order valence-electron chi connectivity index (χ4n) is 1.08. The third-order valence-electron chi connectivity index (χ3n) is 1.70. The molecule has 0 saturated carbocycles. The van der Waals surface area contributed by atoms with E-state index in [1.54, 1.807) is 4.57 Å². The molecular weight excluding hydrogens is 205 g/mol. The summed E-state index contributed by atoms with van der Waals surface area (Å²) in [6.45, 7) is 0. The quantitative estimate of drug-likeness (QED) is 0.586. The minimum atomic E-state index is 0.0192. The van der Waals surface area contributed by atoms with Gasteiger partial charge in [-0.3, -0.25) is 0 Å². The van der Waals surface area contributed by atoms with Crippen molar-refractivity contribution in [1.29, 1.82) is 0 Å². The van der Waals surface area contributed by atoms with Gasteiger partial charge in [0.05, 0.1) is 0 Å². The van der Waals surface area contributed by atoms with E-state index < -0.39 is 0 Å². The van der Waals surface area contributed by atoms with Gasteiger partial charge in [0.2, 0.25) is 0 Å². The molecule has 1 aromatic heterocycles. The van der Waals surface area contributed by atoms with Gasteiger partial charge in [0.15, 0.2) is 0 Å². The van der Waals surface area contributed by atoms with E-state index in [-0.39, 0.29) is 18.9 Å². The molecule has 0 unspecified atom stereocenters. The molecule has 0 aliphatic rings. The predicted molar refractivity (Wildman–Crippen MR) is 46.1 cm³/mol. The van der Waals surface area contributed by atoms with Crippen LogP contribution in [-0.2, 0) is 7.05 Å². The fraction of sp³-hybridized carbons (Fsp3) is 0.125. The summed E-state index contributed by atoms with van der Waals surface area (Å²) in [4.78, 5) is 11.2. The minimum absolute atomic E-state index is 0.0192. The number of nitrogens with zero attached hydrogens (tertiary/aromatic N) is 1. The third-order valence-corrected chi connectivity index (χ3v) is 3.82. The molecule has 0 saturated heterocycles. The summed E-state index contributed by atoms with van der Waals surface area (Å²) in [7, 11) is 1.83. The first-order chi connectivity index (χ1) is 5.29. The molecule has 3 heteroatoms. The second-order valence-corrected chi connectivity index (χ2v) is 4.48. The van der Waals surface area contributed by atoms with E-state index in [1.807, 2.05) is 31.3 Å². The average molecular weight is 212 g/mol. The van der Waals surface area contributed by atoms with E-state index in [1.165, 1.54) is 4.26 Å². The molecule has 2 aromatic rings. The molecule has 11 heavy (non-hydrogen) atoms. The van der Waals surface area contributed by atoms with Gasteiger partial charge >= 0.3 is 69.4 Å². The topological polar surface area (TPSA) is 22.0 Å². The van der Waals surface area contributed by atoms with Crippen LogP contribution in [0.2, 0.25) is 0 Å². The zero-order chi connectivity index (χ0) is 7.84. The number of rotatable bonds is 0. The first kappa shape index (κ1) is 6.89. The maximum atomic E-state index is 11.2. The molecule has 0 aliphatic heterocycles. The summed E-state index contributed by atoms with van der Waals surface area (Å²) in [5, 5.41) is 0. The number of benzene rings is 1. The van der Waals surface area contributed by atoms with Gasteiger partial charge in [-0.25, -0.2) is 0 Å². The van der Waals surface area contributed by atoms with E-state index >= 15 is 0 Å². The summed E-state index contributed by atoms with van der Waals surface area (Å²) in [6, 6.07) is 7.95. The maximum absolute atomic E-state index is 11.2. The predicted octanol–water partition coefficient (Wildman–Crippen LogP) is 0.595. The van der Waals surface area contributed by atoms with Crippen LogP contribution in [0.3, 0.4) is 0 Å². The van der Waals surface area contributed by atoms with Crippen molar-refractivity contribution in [3.8, 4) is 0 Å². The Morgan fingerprint density at radius 3 is 2.82 bits per heavy atom. The van der Waals surface area contributed by atoms with Crippen LogP contribution < -0.4 is 4.43 Å². The molecule has 0 aliphatic carbocycles. The summed E-state index contributed by atoms with van der Waals surface area (Å²) in [5.41, 5.74) is 1.08. The Bertz CT molecular complexity index is 441. The molecule has 0 radical (unpaired) electrons. The van der Waals surface area contributed by atoms with Crippen LogP contribution in [0.4, 0.5) is 0 Å². The molecular formula is C8H7NOSe. The second kappa shape index (κ2) is 2.36. The number of fused-ring (bicyclic) bond motifs is 1. The summed E-state index contributed by atoms with van der Waals surface area (Å²) in [5.74, 6) is 0. The molecule has 1 aromatic carbocycles. The molecule has 2 rings (SSSR count). The standard InChI is InChI=1S/C8H7NOSe/c1-9-6-4-2-3-5-7(6)11-8(9)10/h2-5H,1H3. The van der Waals surface area contributed by atoms with Crippen molar-refractivity contribution in [3.63, 3.8) is 0 Å². The number of aromatic nitrogens is 1. The molecule has 1 heterocycles. The average Bonchev–Trinajstić information content (AvgIpc) is 2.30. The Labute approximate surface area is 69.8 Å². The van der Waals surface area contributed by atoms with Gasteiger partial charge in [0.1, 0.15) is 0 Å². The SMILES string of the molecule is Cn1c(=O)[se]c2ccccc21. The van der Waals surface area contributed by atoms with Crippen molar-refractivity contribution in [2.24, 2.45) is 7.05 Å². The molecule has 56 valence electrons. The van der Waals surface area contributed by atoms with E-state index in [0.29, 0.717) is 0 Å². The molecule has 0 bridgehead atoms.